The molecule has 1 heterocycles. The molecule has 2 aromatic carbocycles. The van der Waals surface area contributed by atoms with E-state index < -0.39 is 0 Å². The Bertz CT molecular complexity index is 962. The summed E-state index contributed by atoms with van der Waals surface area (Å²) in [6, 6.07) is 10.7. The lowest BCUT2D eigenvalue weighted by Crippen LogP contribution is -2.12. The number of hydrogen-bond donors (Lipinski definition) is 1. The van der Waals surface area contributed by atoms with Crippen LogP contribution in [0.5, 0.6) is 17.2 Å². The number of aromatic nitrogens is 2. The van der Waals surface area contributed by atoms with Gasteiger partial charge in [0.15, 0.2) is 11.5 Å². The van der Waals surface area contributed by atoms with Gasteiger partial charge in [0.25, 0.3) is 5.91 Å². The number of halogens is 1. The Morgan fingerprint density at radius 1 is 1.11 bits per heavy atom. The molecule has 0 unspecified atom stereocenters. The summed E-state index contributed by atoms with van der Waals surface area (Å²) in [4.78, 5) is 12.6. The number of hydrogen-bond acceptors (Lipinski definition) is 5. The average Bonchev–Trinajstić information content (AvgIpc) is 3.13. The SMILES string of the molecule is COc1cc(C(=O)Nc2cnn(Cc3cccc(Cl)c3)c2)cc(OC)c1OC. The van der Waals surface area contributed by atoms with Crippen LogP contribution >= 0.6 is 11.6 Å². The molecular weight excluding hydrogens is 382 g/mol. The zero-order valence-electron chi connectivity index (χ0n) is 15.7. The molecule has 28 heavy (non-hydrogen) atoms. The molecule has 0 fully saturated rings. The van der Waals surface area contributed by atoms with Crippen LogP contribution in [0.15, 0.2) is 48.8 Å². The van der Waals surface area contributed by atoms with E-state index in [2.05, 4.69) is 10.4 Å². The van der Waals surface area contributed by atoms with Gasteiger partial charge in [-0.05, 0) is 29.8 Å². The molecule has 1 aromatic heterocycles. The Labute approximate surface area is 167 Å². The number of benzene rings is 2. The minimum atomic E-state index is -0.318. The van der Waals surface area contributed by atoms with Gasteiger partial charge in [0.05, 0.1) is 39.8 Å². The molecule has 8 heteroatoms. The van der Waals surface area contributed by atoms with E-state index in [0.717, 1.165) is 5.56 Å². The van der Waals surface area contributed by atoms with Crippen molar-refractivity contribution in [2.45, 2.75) is 6.54 Å². The molecule has 0 saturated carbocycles. The van der Waals surface area contributed by atoms with Gasteiger partial charge in [-0.2, -0.15) is 5.10 Å². The fourth-order valence-electron chi connectivity index (χ4n) is 2.75. The first-order valence-electron chi connectivity index (χ1n) is 8.42. The molecule has 0 spiro atoms. The maximum atomic E-state index is 12.6. The molecule has 0 atom stereocenters. The Hall–Kier alpha value is -3.19. The fourth-order valence-corrected chi connectivity index (χ4v) is 2.97. The molecule has 0 aliphatic carbocycles. The highest BCUT2D eigenvalue weighted by atomic mass is 35.5. The number of methoxy groups -OCH3 is 3. The first-order valence-corrected chi connectivity index (χ1v) is 8.80. The Kier molecular flexibility index (Phi) is 6.06. The Morgan fingerprint density at radius 3 is 2.43 bits per heavy atom. The highest BCUT2D eigenvalue weighted by molar-refractivity contribution is 6.30. The summed E-state index contributed by atoms with van der Waals surface area (Å²) in [5, 5.41) is 7.75. The molecule has 3 rings (SSSR count). The van der Waals surface area contributed by atoms with E-state index >= 15 is 0 Å². The van der Waals surface area contributed by atoms with Gasteiger partial charge in [-0.3, -0.25) is 9.48 Å². The van der Waals surface area contributed by atoms with Gasteiger partial charge in [0.1, 0.15) is 0 Å². The van der Waals surface area contributed by atoms with Crippen LogP contribution in [0.1, 0.15) is 15.9 Å². The number of carbonyl (C=O) groups excluding carboxylic acids is 1. The lowest BCUT2D eigenvalue weighted by atomic mass is 10.1. The zero-order chi connectivity index (χ0) is 20.1. The minimum Gasteiger partial charge on any atom is -0.493 e. The smallest absolute Gasteiger partial charge is 0.256 e. The molecule has 3 aromatic rings. The molecule has 0 bridgehead atoms. The van der Waals surface area contributed by atoms with Crippen LogP contribution in [0.2, 0.25) is 5.02 Å². The van der Waals surface area contributed by atoms with E-state index in [1.807, 2.05) is 24.3 Å². The van der Waals surface area contributed by atoms with E-state index in [9.17, 15) is 4.79 Å². The summed E-state index contributed by atoms with van der Waals surface area (Å²) in [6.07, 6.45) is 3.33. The number of ether oxygens (including phenoxy) is 3. The first-order chi connectivity index (χ1) is 13.5. The van der Waals surface area contributed by atoms with Gasteiger partial charge in [-0.1, -0.05) is 23.7 Å². The summed E-state index contributed by atoms with van der Waals surface area (Å²) in [6.45, 7) is 0.542. The van der Waals surface area contributed by atoms with Crippen molar-refractivity contribution in [2.75, 3.05) is 26.6 Å². The fraction of sp³-hybridized carbons (Fsp3) is 0.200. The Morgan fingerprint density at radius 2 is 1.82 bits per heavy atom. The van der Waals surface area contributed by atoms with Gasteiger partial charge in [-0.15, -0.1) is 0 Å². The highest BCUT2D eigenvalue weighted by Gasteiger charge is 2.17. The average molecular weight is 402 g/mol. The van der Waals surface area contributed by atoms with Gasteiger partial charge in [0, 0.05) is 16.8 Å². The standard InChI is InChI=1S/C20H20ClN3O4/c1-26-17-8-14(9-18(27-2)19(17)28-3)20(25)23-16-10-22-24(12-16)11-13-5-4-6-15(21)7-13/h4-10,12H,11H2,1-3H3,(H,23,25). The summed E-state index contributed by atoms with van der Waals surface area (Å²) in [7, 11) is 4.51. The largest absolute Gasteiger partial charge is 0.493 e. The molecule has 1 N–H and O–H groups in total. The second-order valence-corrected chi connectivity index (χ2v) is 6.36. The van der Waals surface area contributed by atoms with Crippen LogP contribution < -0.4 is 19.5 Å². The highest BCUT2D eigenvalue weighted by Crippen LogP contribution is 2.38. The van der Waals surface area contributed by atoms with Crippen molar-refractivity contribution in [1.29, 1.82) is 0 Å². The third kappa shape index (κ3) is 4.37. The topological polar surface area (TPSA) is 74.6 Å². The van der Waals surface area contributed by atoms with E-state index in [1.54, 1.807) is 29.2 Å². The van der Waals surface area contributed by atoms with Crippen LogP contribution in [0, 0.1) is 0 Å². The maximum absolute atomic E-state index is 12.6. The molecule has 146 valence electrons. The zero-order valence-corrected chi connectivity index (χ0v) is 16.5. The molecule has 1 amide bonds. The number of amides is 1. The lowest BCUT2D eigenvalue weighted by Gasteiger charge is -2.13. The molecular formula is C20H20ClN3O4. The predicted molar refractivity (Wildman–Crippen MR) is 107 cm³/mol. The molecule has 7 nitrogen and oxygen atoms in total. The van der Waals surface area contributed by atoms with Crippen LogP contribution in [0.3, 0.4) is 0 Å². The lowest BCUT2D eigenvalue weighted by molar-refractivity contribution is 0.102. The van der Waals surface area contributed by atoms with E-state index in [4.69, 9.17) is 25.8 Å². The molecule has 0 radical (unpaired) electrons. The number of rotatable bonds is 7. The van der Waals surface area contributed by atoms with E-state index in [1.165, 1.54) is 21.3 Å². The number of carbonyl (C=O) groups is 1. The van der Waals surface area contributed by atoms with Crippen LogP contribution in [0.25, 0.3) is 0 Å². The van der Waals surface area contributed by atoms with Crippen molar-refractivity contribution < 1.29 is 19.0 Å². The van der Waals surface area contributed by atoms with Crippen molar-refractivity contribution in [3.63, 3.8) is 0 Å². The van der Waals surface area contributed by atoms with Gasteiger partial charge in [-0.25, -0.2) is 0 Å². The van der Waals surface area contributed by atoms with E-state index in [-0.39, 0.29) is 5.91 Å². The van der Waals surface area contributed by atoms with Crippen molar-refractivity contribution in [3.8, 4) is 17.2 Å². The summed E-state index contributed by atoms with van der Waals surface area (Å²) in [5.74, 6) is 0.921. The number of nitrogens with one attached hydrogen (secondary N) is 1. The molecule has 0 aliphatic rings. The van der Waals surface area contributed by atoms with Crippen molar-refractivity contribution in [2.24, 2.45) is 0 Å². The normalized spacial score (nSPS) is 10.4. The first kappa shape index (κ1) is 19.6. The predicted octanol–water partition coefficient (Wildman–Crippen LogP) is 3.86. The maximum Gasteiger partial charge on any atom is 0.256 e. The number of anilines is 1. The second-order valence-electron chi connectivity index (χ2n) is 5.92. The van der Waals surface area contributed by atoms with E-state index in [0.29, 0.717) is 40.1 Å². The summed E-state index contributed by atoms with van der Waals surface area (Å²) < 4.78 is 17.6. The molecule has 0 saturated heterocycles. The quantitative estimate of drug-likeness (QED) is 0.650. The van der Waals surface area contributed by atoms with Crippen LogP contribution in [-0.2, 0) is 6.54 Å². The Balaban J connectivity index is 1.76. The van der Waals surface area contributed by atoms with Crippen molar-refractivity contribution >= 4 is 23.2 Å². The number of nitrogens with zero attached hydrogens (tertiary/aromatic N) is 2. The summed E-state index contributed by atoms with van der Waals surface area (Å²) in [5.41, 5.74) is 1.95. The third-order valence-electron chi connectivity index (χ3n) is 4.05. The third-order valence-corrected chi connectivity index (χ3v) is 4.29. The van der Waals surface area contributed by atoms with Gasteiger partial charge in [0.2, 0.25) is 5.75 Å². The van der Waals surface area contributed by atoms with Gasteiger partial charge >= 0.3 is 0 Å². The van der Waals surface area contributed by atoms with Crippen molar-refractivity contribution in [3.05, 3.63) is 64.9 Å². The second kappa shape index (κ2) is 8.67. The summed E-state index contributed by atoms with van der Waals surface area (Å²) >= 11 is 6.01. The van der Waals surface area contributed by atoms with Crippen LogP contribution in [0.4, 0.5) is 5.69 Å². The molecule has 0 aliphatic heterocycles. The van der Waals surface area contributed by atoms with Crippen LogP contribution in [-0.4, -0.2) is 37.0 Å². The van der Waals surface area contributed by atoms with Gasteiger partial charge < -0.3 is 19.5 Å². The minimum absolute atomic E-state index is 0.318. The van der Waals surface area contributed by atoms with Crippen molar-refractivity contribution in [1.82, 2.24) is 9.78 Å². The monoisotopic (exact) mass is 401 g/mol.